The number of anilines is 1. The summed E-state index contributed by atoms with van der Waals surface area (Å²) in [6, 6.07) is 14.9. The molecule has 2 aromatic carbocycles. The van der Waals surface area contributed by atoms with Crippen molar-refractivity contribution in [3.63, 3.8) is 0 Å². The van der Waals surface area contributed by atoms with Crippen LogP contribution in [0.15, 0.2) is 66.1 Å². The Morgan fingerprint density at radius 2 is 1.93 bits per heavy atom. The number of thioether (sulfide) groups is 1. The lowest BCUT2D eigenvalue weighted by Gasteiger charge is -2.08. The van der Waals surface area contributed by atoms with E-state index in [1.165, 1.54) is 18.1 Å². The molecule has 4 aromatic rings. The Kier molecular flexibility index (Phi) is 5.99. The van der Waals surface area contributed by atoms with Crippen molar-refractivity contribution in [1.82, 2.24) is 19.7 Å². The van der Waals surface area contributed by atoms with Gasteiger partial charge in [0.15, 0.2) is 5.65 Å². The van der Waals surface area contributed by atoms with Crippen LogP contribution in [0.5, 0.6) is 0 Å². The zero-order valence-electron chi connectivity index (χ0n) is 15.0. The number of benzene rings is 2. The number of nitrogens with zero attached hydrogens (tertiary/aromatic N) is 4. The molecule has 6 nitrogen and oxygen atoms in total. The summed E-state index contributed by atoms with van der Waals surface area (Å²) in [7, 11) is 0. The number of aromatic nitrogens is 4. The van der Waals surface area contributed by atoms with Gasteiger partial charge in [-0.25, -0.2) is 14.6 Å². The van der Waals surface area contributed by atoms with E-state index in [0.29, 0.717) is 27.3 Å². The smallest absolute Gasteiger partial charge is 0.234 e. The van der Waals surface area contributed by atoms with Crippen molar-refractivity contribution in [2.45, 2.75) is 11.6 Å². The predicted octanol–water partition coefficient (Wildman–Crippen LogP) is 4.91. The van der Waals surface area contributed by atoms with Gasteiger partial charge in [0.05, 0.1) is 34.6 Å². The van der Waals surface area contributed by atoms with Gasteiger partial charge >= 0.3 is 0 Å². The van der Waals surface area contributed by atoms with Crippen molar-refractivity contribution in [2.24, 2.45) is 0 Å². The van der Waals surface area contributed by atoms with Crippen molar-refractivity contribution in [3.8, 4) is 0 Å². The van der Waals surface area contributed by atoms with Gasteiger partial charge in [-0.05, 0) is 23.8 Å². The van der Waals surface area contributed by atoms with Crippen molar-refractivity contribution in [3.05, 3.63) is 76.7 Å². The minimum Gasteiger partial charge on any atom is -0.324 e. The molecule has 0 fully saturated rings. The fourth-order valence-electron chi connectivity index (χ4n) is 2.77. The molecule has 0 saturated heterocycles. The summed E-state index contributed by atoms with van der Waals surface area (Å²) in [5, 5.41) is 9.64. The van der Waals surface area contributed by atoms with E-state index in [0.717, 1.165) is 16.6 Å². The third kappa shape index (κ3) is 4.70. The average Bonchev–Trinajstić information content (AvgIpc) is 3.13. The van der Waals surface area contributed by atoms with Crippen molar-refractivity contribution < 1.29 is 4.79 Å². The van der Waals surface area contributed by atoms with Gasteiger partial charge in [-0.15, -0.1) is 0 Å². The Labute approximate surface area is 181 Å². The van der Waals surface area contributed by atoms with E-state index in [-0.39, 0.29) is 11.7 Å². The quantitative estimate of drug-likeness (QED) is 0.338. The highest BCUT2D eigenvalue weighted by molar-refractivity contribution is 8.00. The lowest BCUT2D eigenvalue weighted by molar-refractivity contribution is -0.113. The maximum Gasteiger partial charge on any atom is 0.234 e. The van der Waals surface area contributed by atoms with Crippen molar-refractivity contribution >= 4 is 57.6 Å². The van der Waals surface area contributed by atoms with Crippen LogP contribution < -0.4 is 5.32 Å². The van der Waals surface area contributed by atoms with Crippen molar-refractivity contribution in [2.75, 3.05) is 11.1 Å². The highest BCUT2D eigenvalue weighted by Gasteiger charge is 2.13. The summed E-state index contributed by atoms with van der Waals surface area (Å²) >= 11 is 13.4. The number of nitrogens with one attached hydrogen (secondary N) is 1. The van der Waals surface area contributed by atoms with Gasteiger partial charge in [-0.2, -0.15) is 5.10 Å². The molecule has 2 aromatic heterocycles. The molecule has 0 saturated carbocycles. The molecule has 29 heavy (non-hydrogen) atoms. The topological polar surface area (TPSA) is 72.7 Å². The first-order valence-corrected chi connectivity index (χ1v) is 10.4. The largest absolute Gasteiger partial charge is 0.324 e. The Balaban J connectivity index is 1.47. The average molecular weight is 444 g/mol. The molecule has 9 heteroatoms. The predicted molar refractivity (Wildman–Crippen MR) is 117 cm³/mol. The van der Waals surface area contributed by atoms with Gasteiger partial charge in [-0.3, -0.25) is 4.79 Å². The lowest BCUT2D eigenvalue weighted by Crippen LogP contribution is -2.14. The van der Waals surface area contributed by atoms with E-state index in [1.54, 1.807) is 24.4 Å². The Morgan fingerprint density at radius 3 is 2.76 bits per heavy atom. The van der Waals surface area contributed by atoms with Gasteiger partial charge in [-0.1, -0.05) is 65.3 Å². The molecule has 1 N–H and O–H groups in total. The second-order valence-electron chi connectivity index (χ2n) is 6.16. The molecule has 0 aliphatic carbocycles. The standard InChI is InChI=1S/C20H15Cl2N5OS/c21-14-6-7-16(22)17(8-14)26-18(28)11-29-20-15-9-25-27(19(15)23-12-24-20)10-13-4-2-1-3-5-13/h1-9,12H,10-11H2,(H,26,28). The van der Waals surface area contributed by atoms with Gasteiger partial charge in [0.2, 0.25) is 5.91 Å². The molecule has 0 radical (unpaired) electrons. The van der Waals surface area contributed by atoms with Crippen LogP contribution in [-0.4, -0.2) is 31.4 Å². The number of carbonyl (C=O) groups excluding carboxylic acids is 1. The first kappa shape index (κ1) is 19.7. The number of halogens is 2. The van der Waals surface area contributed by atoms with E-state index in [9.17, 15) is 4.79 Å². The molecule has 4 rings (SSSR count). The number of hydrogen-bond acceptors (Lipinski definition) is 5. The fourth-order valence-corrected chi connectivity index (χ4v) is 3.87. The first-order valence-electron chi connectivity index (χ1n) is 8.68. The molecular formula is C20H15Cl2N5OS. The molecular weight excluding hydrogens is 429 g/mol. The molecule has 0 aliphatic heterocycles. The first-order chi connectivity index (χ1) is 14.1. The van der Waals surface area contributed by atoms with Crippen LogP contribution in [0.3, 0.4) is 0 Å². The van der Waals surface area contributed by atoms with Gasteiger partial charge in [0.25, 0.3) is 0 Å². The fraction of sp³-hybridized carbons (Fsp3) is 0.100. The van der Waals surface area contributed by atoms with Gasteiger partial charge < -0.3 is 5.32 Å². The number of fused-ring (bicyclic) bond motifs is 1. The van der Waals surface area contributed by atoms with E-state index in [4.69, 9.17) is 23.2 Å². The van der Waals surface area contributed by atoms with Crippen LogP contribution in [0.4, 0.5) is 5.69 Å². The van der Waals surface area contributed by atoms with Gasteiger partial charge in [0.1, 0.15) is 11.4 Å². The normalized spacial score (nSPS) is 11.0. The Morgan fingerprint density at radius 1 is 1.10 bits per heavy atom. The third-order valence-electron chi connectivity index (χ3n) is 4.11. The maximum atomic E-state index is 12.3. The molecule has 0 unspecified atom stereocenters. The highest BCUT2D eigenvalue weighted by Crippen LogP contribution is 2.27. The van der Waals surface area contributed by atoms with Crippen molar-refractivity contribution in [1.29, 1.82) is 0 Å². The van der Waals surface area contributed by atoms with E-state index < -0.39 is 0 Å². The minimum atomic E-state index is -0.206. The lowest BCUT2D eigenvalue weighted by atomic mass is 10.2. The number of carbonyl (C=O) groups is 1. The number of amides is 1. The minimum absolute atomic E-state index is 0.165. The van der Waals surface area contributed by atoms with E-state index >= 15 is 0 Å². The molecule has 0 spiro atoms. The monoisotopic (exact) mass is 443 g/mol. The summed E-state index contributed by atoms with van der Waals surface area (Å²) in [5.74, 6) is -0.0404. The molecule has 146 valence electrons. The van der Waals surface area contributed by atoms with E-state index in [1.807, 2.05) is 35.0 Å². The molecule has 1 amide bonds. The summed E-state index contributed by atoms with van der Waals surface area (Å²) in [4.78, 5) is 21.0. The Hall–Kier alpha value is -2.61. The van der Waals surface area contributed by atoms with Crippen LogP contribution in [0.25, 0.3) is 11.0 Å². The molecule has 0 atom stereocenters. The number of rotatable bonds is 6. The zero-order chi connectivity index (χ0) is 20.2. The third-order valence-corrected chi connectivity index (χ3v) is 5.68. The molecule has 0 aliphatic rings. The summed E-state index contributed by atoms with van der Waals surface area (Å²) < 4.78 is 1.82. The van der Waals surface area contributed by atoms with Crippen LogP contribution in [0, 0.1) is 0 Å². The van der Waals surface area contributed by atoms with Crippen LogP contribution in [0.2, 0.25) is 10.0 Å². The van der Waals surface area contributed by atoms with Crippen LogP contribution in [-0.2, 0) is 11.3 Å². The zero-order valence-corrected chi connectivity index (χ0v) is 17.4. The maximum absolute atomic E-state index is 12.3. The van der Waals surface area contributed by atoms with E-state index in [2.05, 4.69) is 20.4 Å². The van der Waals surface area contributed by atoms with Crippen LogP contribution in [0.1, 0.15) is 5.56 Å². The second-order valence-corrected chi connectivity index (χ2v) is 7.97. The second kappa shape index (κ2) is 8.82. The molecule has 2 heterocycles. The summed E-state index contributed by atoms with van der Waals surface area (Å²) in [6.07, 6.45) is 3.21. The Bertz CT molecular complexity index is 1170. The highest BCUT2D eigenvalue weighted by atomic mass is 35.5. The van der Waals surface area contributed by atoms with Crippen LogP contribution >= 0.6 is 35.0 Å². The van der Waals surface area contributed by atoms with Gasteiger partial charge in [0, 0.05) is 5.02 Å². The molecule has 0 bridgehead atoms. The summed E-state index contributed by atoms with van der Waals surface area (Å²) in [6.45, 7) is 0.610. The summed E-state index contributed by atoms with van der Waals surface area (Å²) in [5.41, 5.74) is 2.33. The SMILES string of the molecule is O=C(CSc1ncnc2c1cnn2Cc1ccccc1)Nc1cc(Cl)ccc1Cl. The number of hydrogen-bond donors (Lipinski definition) is 1.